The van der Waals surface area contributed by atoms with Crippen LogP contribution in [0.3, 0.4) is 0 Å². The highest BCUT2D eigenvalue weighted by Gasteiger charge is 2.27. The van der Waals surface area contributed by atoms with E-state index in [9.17, 15) is 4.79 Å². The first kappa shape index (κ1) is 13.6. The number of amides is 1. The molecule has 0 saturated carbocycles. The molecule has 0 aliphatic carbocycles. The summed E-state index contributed by atoms with van der Waals surface area (Å²) in [4.78, 5) is 11.9. The summed E-state index contributed by atoms with van der Waals surface area (Å²) < 4.78 is 5.41. The van der Waals surface area contributed by atoms with Gasteiger partial charge in [0.1, 0.15) is 0 Å². The molecule has 2 atom stereocenters. The standard InChI is InChI=1S/C14H18BrNO2/c1-10-5-13(9-18-10)14(17)16-8-12-4-2-3-11(6-12)7-15/h2-4,6,10,13H,5,7-9H2,1H3,(H,16,17). The molecule has 1 aromatic rings. The molecule has 0 radical (unpaired) electrons. The highest BCUT2D eigenvalue weighted by Crippen LogP contribution is 2.19. The first-order chi connectivity index (χ1) is 8.69. The molecule has 3 nitrogen and oxygen atoms in total. The van der Waals surface area contributed by atoms with Crippen molar-refractivity contribution >= 4 is 21.8 Å². The second kappa shape index (κ2) is 6.34. The molecule has 2 unspecified atom stereocenters. The molecule has 1 heterocycles. The molecule has 1 amide bonds. The Labute approximate surface area is 116 Å². The monoisotopic (exact) mass is 311 g/mol. The van der Waals surface area contributed by atoms with Gasteiger partial charge in [0.25, 0.3) is 0 Å². The molecule has 18 heavy (non-hydrogen) atoms. The van der Waals surface area contributed by atoms with Crippen LogP contribution in [-0.2, 0) is 21.4 Å². The van der Waals surface area contributed by atoms with Gasteiger partial charge >= 0.3 is 0 Å². The fraction of sp³-hybridized carbons (Fsp3) is 0.500. The fourth-order valence-corrected chi connectivity index (χ4v) is 2.50. The minimum absolute atomic E-state index is 0.0133. The summed E-state index contributed by atoms with van der Waals surface area (Å²) in [6.07, 6.45) is 1.03. The highest BCUT2D eigenvalue weighted by atomic mass is 79.9. The minimum atomic E-state index is 0.0133. The average Bonchev–Trinajstić information content (AvgIpc) is 2.83. The van der Waals surface area contributed by atoms with Crippen molar-refractivity contribution in [3.8, 4) is 0 Å². The van der Waals surface area contributed by atoms with Gasteiger partial charge in [0.2, 0.25) is 5.91 Å². The first-order valence-corrected chi connectivity index (χ1v) is 7.34. The van der Waals surface area contributed by atoms with E-state index >= 15 is 0 Å². The predicted octanol–water partition coefficient (Wildman–Crippen LogP) is 2.62. The molecular weight excluding hydrogens is 294 g/mol. The molecule has 1 N–H and O–H groups in total. The van der Waals surface area contributed by atoms with Crippen LogP contribution in [0, 0.1) is 5.92 Å². The van der Waals surface area contributed by atoms with Gasteiger partial charge in [-0.2, -0.15) is 0 Å². The Kier molecular flexibility index (Phi) is 4.78. The lowest BCUT2D eigenvalue weighted by atomic mass is 10.1. The predicted molar refractivity (Wildman–Crippen MR) is 74.4 cm³/mol. The van der Waals surface area contributed by atoms with Gasteiger partial charge in [0.15, 0.2) is 0 Å². The third kappa shape index (κ3) is 3.56. The summed E-state index contributed by atoms with van der Waals surface area (Å²) in [7, 11) is 0. The Hall–Kier alpha value is -0.870. The molecule has 1 aromatic carbocycles. The molecule has 1 aliphatic rings. The van der Waals surface area contributed by atoms with Gasteiger partial charge in [-0.3, -0.25) is 4.79 Å². The quantitative estimate of drug-likeness (QED) is 0.868. The van der Waals surface area contributed by atoms with Gasteiger partial charge in [-0.1, -0.05) is 40.2 Å². The normalized spacial score (nSPS) is 23.0. The van der Waals surface area contributed by atoms with E-state index in [-0.39, 0.29) is 17.9 Å². The largest absolute Gasteiger partial charge is 0.378 e. The zero-order valence-corrected chi connectivity index (χ0v) is 12.1. The van der Waals surface area contributed by atoms with E-state index in [2.05, 4.69) is 33.4 Å². The van der Waals surface area contributed by atoms with E-state index in [1.54, 1.807) is 0 Å². The summed E-state index contributed by atoms with van der Waals surface area (Å²) in [6.45, 7) is 3.14. The van der Waals surface area contributed by atoms with Crippen LogP contribution in [0.1, 0.15) is 24.5 Å². The van der Waals surface area contributed by atoms with Crippen molar-refractivity contribution in [3.05, 3.63) is 35.4 Å². The highest BCUT2D eigenvalue weighted by molar-refractivity contribution is 9.08. The van der Waals surface area contributed by atoms with Crippen molar-refractivity contribution in [3.63, 3.8) is 0 Å². The lowest BCUT2D eigenvalue weighted by Crippen LogP contribution is -2.30. The van der Waals surface area contributed by atoms with E-state index in [1.165, 1.54) is 5.56 Å². The molecule has 98 valence electrons. The fourth-order valence-electron chi connectivity index (χ4n) is 2.16. The lowest BCUT2D eigenvalue weighted by molar-refractivity contribution is -0.125. The summed E-state index contributed by atoms with van der Waals surface area (Å²) >= 11 is 3.43. The van der Waals surface area contributed by atoms with Crippen LogP contribution in [-0.4, -0.2) is 18.6 Å². The number of carbonyl (C=O) groups is 1. The van der Waals surface area contributed by atoms with Crippen molar-refractivity contribution < 1.29 is 9.53 Å². The zero-order chi connectivity index (χ0) is 13.0. The summed E-state index contributed by atoms with van der Waals surface area (Å²) in [5.74, 6) is 0.114. The van der Waals surface area contributed by atoms with E-state index in [0.29, 0.717) is 13.2 Å². The van der Waals surface area contributed by atoms with Crippen LogP contribution in [0.2, 0.25) is 0 Å². The van der Waals surface area contributed by atoms with Crippen molar-refractivity contribution in [1.82, 2.24) is 5.32 Å². The van der Waals surface area contributed by atoms with Crippen LogP contribution in [0.15, 0.2) is 24.3 Å². The third-order valence-corrected chi connectivity index (χ3v) is 3.83. The van der Waals surface area contributed by atoms with Crippen molar-refractivity contribution in [2.24, 2.45) is 5.92 Å². The molecule has 1 fully saturated rings. The number of benzene rings is 1. The Morgan fingerprint density at radius 1 is 1.50 bits per heavy atom. The third-order valence-electron chi connectivity index (χ3n) is 3.18. The van der Waals surface area contributed by atoms with Gasteiger partial charge in [-0.25, -0.2) is 0 Å². The summed E-state index contributed by atoms with van der Waals surface area (Å²) in [5.41, 5.74) is 2.35. The Balaban J connectivity index is 1.85. The molecule has 4 heteroatoms. The first-order valence-electron chi connectivity index (χ1n) is 6.22. The summed E-state index contributed by atoms with van der Waals surface area (Å²) in [5, 5.41) is 3.81. The molecule has 0 bridgehead atoms. The van der Waals surface area contributed by atoms with Crippen molar-refractivity contribution in [2.75, 3.05) is 6.61 Å². The molecular formula is C14H18BrNO2. The second-order valence-corrected chi connectivity index (χ2v) is 5.31. The number of ether oxygens (including phenoxy) is 1. The van der Waals surface area contributed by atoms with Crippen LogP contribution in [0.4, 0.5) is 0 Å². The topological polar surface area (TPSA) is 38.3 Å². The number of nitrogens with one attached hydrogen (secondary N) is 1. The Morgan fingerprint density at radius 3 is 2.94 bits per heavy atom. The molecule has 0 aromatic heterocycles. The van der Waals surface area contributed by atoms with Crippen LogP contribution >= 0.6 is 15.9 Å². The van der Waals surface area contributed by atoms with Gasteiger partial charge < -0.3 is 10.1 Å². The maximum Gasteiger partial charge on any atom is 0.225 e. The smallest absolute Gasteiger partial charge is 0.225 e. The average molecular weight is 312 g/mol. The van der Waals surface area contributed by atoms with Gasteiger partial charge in [0.05, 0.1) is 18.6 Å². The second-order valence-electron chi connectivity index (χ2n) is 4.75. The SMILES string of the molecule is CC1CC(C(=O)NCc2cccc(CBr)c2)CO1. The van der Waals surface area contributed by atoms with Crippen LogP contribution in [0.25, 0.3) is 0 Å². The molecule has 2 rings (SSSR count). The van der Waals surface area contributed by atoms with E-state index in [1.807, 2.05) is 19.1 Å². The van der Waals surface area contributed by atoms with Crippen molar-refractivity contribution in [2.45, 2.75) is 31.3 Å². The van der Waals surface area contributed by atoms with Crippen molar-refractivity contribution in [1.29, 1.82) is 0 Å². The zero-order valence-electron chi connectivity index (χ0n) is 10.5. The number of hydrogen-bond acceptors (Lipinski definition) is 2. The lowest BCUT2D eigenvalue weighted by Gasteiger charge is -2.10. The van der Waals surface area contributed by atoms with Crippen LogP contribution in [0.5, 0.6) is 0 Å². The maximum atomic E-state index is 11.9. The number of hydrogen-bond donors (Lipinski definition) is 1. The van der Waals surface area contributed by atoms with Crippen LogP contribution < -0.4 is 5.32 Å². The van der Waals surface area contributed by atoms with E-state index in [0.717, 1.165) is 17.3 Å². The Morgan fingerprint density at radius 2 is 2.28 bits per heavy atom. The maximum absolute atomic E-state index is 11.9. The number of halogens is 1. The van der Waals surface area contributed by atoms with E-state index in [4.69, 9.17) is 4.74 Å². The van der Waals surface area contributed by atoms with E-state index < -0.39 is 0 Å². The number of rotatable bonds is 4. The van der Waals surface area contributed by atoms with Gasteiger partial charge in [-0.05, 0) is 24.5 Å². The molecule has 1 aliphatic heterocycles. The van der Waals surface area contributed by atoms with Gasteiger partial charge in [-0.15, -0.1) is 0 Å². The Bertz CT molecular complexity index is 422. The summed E-state index contributed by atoms with van der Waals surface area (Å²) in [6, 6.07) is 8.20. The number of alkyl halides is 1. The minimum Gasteiger partial charge on any atom is -0.378 e. The van der Waals surface area contributed by atoms with Gasteiger partial charge in [0, 0.05) is 11.9 Å². The molecule has 1 saturated heterocycles. The molecule has 0 spiro atoms. The number of carbonyl (C=O) groups excluding carboxylic acids is 1.